The van der Waals surface area contributed by atoms with Crippen LogP contribution in [-0.4, -0.2) is 170 Å². The van der Waals surface area contributed by atoms with Gasteiger partial charge >= 0.3 is 11.9 Å². The molecule has 0 aliphatic carbocycles. The Morgan fingerprint density at radius 1 is 0.721 bits per heavy atom. The van der Waals surface area contributed by atoms with Gasteiger partial charge in [0.1, 0.15) is 30.7 Å². The van der Waals surface area contributed by atoms with Crippen molar-refractivity contribution in [1.82, 2.24) is 15.5 Å². The molecule has 1 aromatic rings. The van der Waals surface area contributed by atoms with Crippen molar-refractivity contribution in [3.05, 3.63) is 35.9 Å². The quantitative estimate of drug-likeness (QED) is 0.0297. The van der Waals surface area contributed by atoms with Gasteiger partial charge in [-0.3, -0.25) is 33.7 Å². The third-order valence-corrected chi connectivity index (χ3v) is 8.65. The summed E-state index contributed by atoms with van der Waals surface area (Å²) in [6, 6.07) is 4.26. The van der Waals surface area contributed by atoms with Crippen LogP contribution in [0.1, 0.15) is 45.6 Å². The van der Waals surface area contributed by atoms with Gasteiger partial charge in [-0.05, 0) is 38.5 Å². The van der Waals surface area contributed by atoms with Gasteiger partial charge in [0.25, 0.3) is 11.8 Å². The summed E-state index contributed by atoms with van der Waals surface area (Å²) in [7, 11) is 0. The van der Waals surface area contributed by atoms with Gasteiger partial charge in [-0.1, -0.05) is 6.07 Å². The smallest absolute Gasteiger partial charge is 0.335 e. The number of esters is 1. The molecule has 2 aliphatic rings. The van der Waals surface area contributed by atoms with Crippen LogP contribution in [0.25, 0.3) is 0 Å². The summed E-state index contributed by atoms with van der Waals surface area (Å²) >= 11 is 0. The second kappa shape index (κ2) is 25.6. The number of ether oxygens (including phenoxy) is 7. The molecule has 22 nitrogen and oxygen atoms in total. The second-order valence-corrected chi connectivity index (χ2v) is 14.6. The highest BCUT2D eigenvalue weighted by Gasteiger charge is 2.48. The zero-order valence-corrected chi connectivity index (χ0v) is 34.3. The number of benzene rings is 1. The third-order valence-electron chi connectivity index (χ3n) is 8.65. The standard InChI is InChI=1S/C39H56N4O18/c1-39(2,3)38(54)59-23-24-4-5-26(60-37-34(51)32(49)33(50)35(61-37)36(52)53)25(22-24)42-29(46)8-11-40-28(45)10-14-55-16-18-57-20-21-58-19-17-56-15-12-41-27(44)9-13-43-30(47)6-7-31(43)48/h4-7,22,32-35,37,49-51H,8-21,23H2,1-3H3,(H,40,45)(H,41,44)(H,42,46)(H,52,53)/t32-,33+,34-,35-,37+/m0/s1. The molecule has 0 radical (unpaired) electrons. The van der Waals surface area contributed by atoms with Crippen LogP contribution in [0.4, 0.5) is 5.69 Å². The Labute approximate surface area is 351 Å². The van der Waals surface area contributed by atoms with Crippen LogP contribution >= 0.6 is 0 Å². The molecule has 340 valence electrons. The van der Waals surface area contributed by atoms with Gasteiger partial charge in [0.05, 0.1) is 64.0 Å². The number of aliphatic hydroxyl groups is 3. The number of hydrogen-bond acceptors (Lipinski definition) is 17. The highest BCUT2D eigenvalue weighted by Crippen LogP contribution is 2.31. The molecule has 0 spiro atoms. The molecule has 1 saturated heterocycles. The summed E-state index contributed by atoms with van der Waals surface area (Å²) in [5.41, 5.74) is -0.334. The molecule has 2 heterocycles. The fourth-order valence-electron chi connectivity index (χ4n) is 5.27. The van der Waals surface area contributed by atoms with Gasteiger partial charge in [0.2, 0.25) is 24.0 Å². The first-order valence-electron chi connectivity index (χ1n) is 19.5. The number of carbonyl (C=O) groups excluding carboxylic acids is 6. The fourth-order valence-corrected chi connectivity index (χ4v) is 5.27. The lowest BCUT2D eigenvalue weighted by Crippen LogP contribution is -2.61. The maximum atomic E-state index is 12.9. The Hall–Kier alpha value is -5.07. The Morgan fingerprint density at radius 2 is 1.30 bits per heavy atom. The topological polar surface area (TPSA) is 304 Å². The average molecular weight is 869 g/mol. The molecular formula is C39H56N4O18. The summed E-state index contributed by atoms with van der Waals surface area (Å²) in [5.74, 6) is -4.32. The van der Waals surface area contributed by atoms with Crippen molar-refractivity contribution < 1.29 is 87.1 Å². The maximum absolute atomic E-state index is 12.9. The van der Waals surface area contributed by atoms with Gasteiger partial charge in [-0.2, -0.15) is 0 Å². The Kier molecular flexibility index (Phi) is 21.1. The Bertz CT molecular complexity index is 1670. The lowest BCUT2D eigenvalue weighted by molar-refractivity contribution is -0.271. The molecular weight excluding hydrogens is 812 g/mol. The number of nitrogens with zero attached hydrogens (tertiary/aromatic N) is 1. The summed E-state index contributed by atoms with van der Waals surface area (Å²) in [5, 5.41) is 47.9. The average Bonchev–Trinajstić information content (AvgIpc) is 3.53. The first-order valence-corrected chi connectivity index (χ1v) is 19.5. The van der Waals surface area contributed by atoms with Crippen LogP contribution in [0.3, 0.4) is 0 Å². The van der Waals surface area contributed by atoms with Crippen molar-refractivity contribution >= 4 is 47.2 Å². The first kappa shape index (κ1) is 50.3. The number of carboxylic acids is 1. The molecule has 61 heavy (non-hydrogen) atoms. The molecule has 5 atom stereocenters. The number of amides is 5. The highest BCUT2D eigenvalue weighted by molar-refractivity contribution is 6.13. The van der Waals surface area contributed by atoms with Gasteiger partial charge in [0, 0.05) is 51.0 Å². The zero-order valence-electron chi connectivity index (χ0n) is 34.3. The van der Waals surface area contributed by atoms with Gasteiger partial charge in [0.15, 0.2) is 6.10 Å². The summed E-state index contributed by atoms with van der Waals surface area (Å²) in [6.45, 7) is 7.17. The molecule has 2 aliphatic heterocycles. The van der Waals surface area contributed by atoms with Crippen molar-refractivity contribution in [3.63, 3.8) is 0 Å². The van der Waals surface area contributed by atoms with Crippen molar-refractivity contribution in [2.75, 3.05) is 77.8 Å². The predicted octanol–water partition coefficient (Wildman–Crippen LogP) is -1.62. The van der Waals surface area contributed by atoms with Crippen molar-refractivity contribution in [2.24, 2.45) is 5.41 Å². The minimum atomic E-state index is -1.94. The molecule has 7 N–H and O–H groups in total. The van der Waals surface area contributed by atoms with Crippen LogP contribution in [0, 0.1) is 5.41 Å². The molecule has 0 aromatic heterocycles. The number of carboxylic acid groups (broad SMARTS) is 1. The van der Waals surface area contributed by atoms with Crippen LogP contribution < -0.4 is 20.7 Å². The van der Waals surface area contributed by atoms with E-state index < -0.39 is 65.8 Å². The summed E-state index contributed by atoms with van der Waals surface area (Å²) < 4.78 is 37.8. The van der Waals surface area contributed by atoms with E-state index in [4.69, 9.17) is 33.2 Å². The van der Waals surface area contributed by atoms with E-state index >= 15 is 0 Å². The largest absolute Gasteiger partial charge is 0.479 e. The number of aliphatic hydroxyl groups excluding tert-OH is 3. The van der Waals surface area contributed by atoms with Crippen LogP contribution in [0.15, 0.2) is 30.4 Å². The summed E-state index contributed by atoms with van der Waals surface area (Å²) in [4.78, 5) is 84.9. The van der Waals surface area contributed by atoms with E-state index in [1.165, 1.54) is 18.2 Å². The molecule has 5 amide bonds. The van der Waals surface area contributed by atoms with Crippen LogP contribution in [0.5, 0.6) is 5.75 Å². The molecule has 0 saturated carbocycles. The lowest BCUT2D eigenvalue weighted by Gasteiger charge is -2.38. The van der Waals surface area contributed by atoms with E-state index in [0.29, 0.717) is 32.0 Å². The van der Waals surface area contributed by atoms with E-state index in [1.54, 1.807) is 20.8 Å². The molecule has 1 aromatic carbocycles. The number of anilines is 1. The van der Waals surface area contributed by atoms with E-state index in [-0.39, 0.29) is 95.2 Å². The number of aliphatic carboxylic acids is 1. The second-order valence-electron chi connectivity index (χ2n) is 14.6. The van der Waals surface area contributed by atoms with Crippen LogP contribution in [-0.2, 0) is 68.6 Å². The number of imide groups is 1. The van der Waals surface area contributed by atoms with Crippen LogP contribution in [0.2, 0.25) is 0 Å². The minimum absolute atomic E-state index is 0.00226. The molecule has 1 fully saturated rings. The molecule has 0 bridgehead atoms. The molecule has 0 unspecified atom stereocenters. The van der Waals surface area contributed by atoms with E-state index in [1.807, 2.05) is 0 Å². The zero-order chi connectivity index (χ0) is 45.0. The monoisotopic (exact) mass is 868 g/mol. The number of carbonyl (C=O) groups is 7. The SMILES string of the molecule is CC(C)(C)C(=O)OCc1ccc(O[C@@H]2O[C@H](C(=O)O)[C@H](O)[C@H](O)[C@@H]2O)c(NC(=O)CCNC(=O)CCOCCOCCOCCOCCNC(=O)CCN2C(=O)C=CC2=O)c1. The normalized spacial score (nSPS) is 20.0. The Balaban J connectivity index is 1.27. The summed E-state index contributed by atoms with van der Waals surface area (Å²) in [6.07, 6.45) is -7.26. The van der Waals surface area contributed by atoms with Gasteiger partial charge < -0.3 is 69.5 Å². The Morgan fingerprint density at radius 3 is 1.90 bits per heavy atom. The number of rotatable bonds is 27. The first-order chi connectivity index (χ1) is 29.0. The highest BCUT2D eigenvalue weighted by atomic mass is 16.7. The third kappa shape index (κ3) is 17.8. The number of hydrogen-bond donors (Lipinski definition) is 7. The maximum Gasteiger partial charge on any atom is 0.335 e. The fraction of sp³-hybridized carbons (Fsp3) is 0.615. The van der Waals surface area contributed by atoms with E-state index in [2.05, 4.69) is 16.0 Å². The van der Waals surface area contributed by atoms with Gasteiger partial charge in [-0.15, -0.1) is 0 Å². The minimum Gasteiger partial charge on any atom is -0.479 e. The van der Waals surface area contributed by atoms with E-state index in [0.717, 1.165) is 17.1 Å². The molecule has 22 heteroatoms. The molecule has 3 rings (SSSR count). The number of nitrogens with one attached hydrogen (secondary N) is 3. The van der Waals surface area contributed by atoms with Crippen molar-refractivity contribution in [2.45, 2.75) is 77.3 Å². The van der Waals surface area contributed by atoms with E-state index in [9.17, 15) is 54.0 Å². The van der Waals surface area contributed by atoms with Gasteiger partial charge in [-0.25, -0.2) is 4.79 Å². The predicted molar refractivity (Wildman–Crippen MR) is 208 cm³/mol. The van der Waals surface area contributed by atoms with Crippen molar-refractivity contribution in [1.29, 1.82) is 0 Å². The van der Waals surface area contributed by atoms with Crippen molar-refractivity contribution in [3.8, 4) is 5.75 Å². The lowest BCUT2D eigenvalue weighted by atomic mass is 9.97.